The van der Waals surface area contributed by atoms with Gasteiger partial charge in [0.2, 0.25) is 0 Å². The Balaban J connectivity index is 1.37. The van der Waals surface area contributed by atoms with Crippen molar-refractivity contribution in [2.24, 2.45) is 0 Å². The van der Waals surface area contributed by atoms with E-state index in [0.717, 1.165) is 27.8 Å². The molecule has 2 aromatic heterocycles. The number of rotatable bonds is 6. The minimum Gasteiger partial charge on any atom is -0.349 e. The van der Waals surface area contributed by atoms with Crippen LogP contribution in [-0.2, 0) is 4.79 Å². The number of aryl methyl sites for hydroxylation is 1. The number of amides is 3. The maximum atomic E-state index is 12.6. The second-order valence-electron chi connectivity index (χ2n) is 6.39. The zero-order chi connectivity index (χ0) is 21.1. The normalized spacial score (nSPS) is 15.2. The zero-order valence-electron chi connectivity index (χ0n) is 15.8. The molecule has 0 saturated carbocycles. The molecule has 3 amide bonds. The van der Waals surface area contributed by atoms with Crippen molar-refractivity contribution in [1.29, 1.82) is 0 Å². The summed E-state index contributed by atoms with van der Waals surface area (Å²) in [5.74, 6) is -0.678. The van der Waals surface area contributed by atoms with Crippen molar-refractivity contribution in [3.05, 3.63) is 62.9 Å². The molecule has 1 aliphatic heterocycles. The summed E-state index contributed by atoms with van der Waals surface area (Å²) in [6.45, 7) is 2.21. The molecule has 0 spiro atoms. The highest BCUT2D eigenvalue weighted by Gasteiger charge is 2.34. The van der Waals surface area contributed by atoms with Crippen LogP contribution < -0.4 is 5.32 Å². The summed E-state index contributed by atoms with van der Waals surface area (Å²) in [7, 11) is 0. The largest absolute Gasteiger partial charge is 0.349 e. The lowest BCUT2D eigenvalue weighted by Gasteiger charge is -2.13. The van der Waals surface area contributed by atoms with E-state index in [1.165, 1.54) is 22.3 Å². The standard InChI is InChI=1S/C19H16N6O3S2/c1-12-2-4-13(5-3-12)10-15-18(27)24(19(28)30-15)8-7-20-17(26)16-14(6-9-29-16)25-11-21-22-23-25/h2-6,9-11H,7-8H2,1H3,(H,20,26). The van der Waals surface area contributed by atoms with E-state index >= 15 is 0 Å². The Bertz CT molecular complexity index is 1120. The predicted molar refractivity (Wildman–Crippen MR) is 113 cm³/mol. The molecule has 3 heterocycles. The third-order valence-electron chi connectivity index (χ3n) is 4.32. The number of nitrogens with zero attached hydrogens (tertiary/aromatic N) is 5. The molecule has 3 aromatic rings. The van der Waals surface area contributed by atoms with E-state index in [2.05, 4.69) is 20.8 Å². The van der Waals surface area contributed by atoms with Crippen molar-refractivity contribution < 1.29 is 14.4 Å². The number of thioether (sulfide) groups is 1. The molecule has 1 saturated heterocycles. The second kappa shape index (κ2) is 8.59. The summed E-state index contributed by atoms with van der Waals surface area (Å²) in [6, 6.07) is 9.42. The molecule has 4 rings (SSSR count). The summed E-state index contributed by atoms with van der Waals surface area (Å²) in [6.07, 6.45) is 3.10. The number of tetrazole rings is 1. The third kappa shape index (κ3) is 4.16. The molecule has 0 aliphatic carbocycles. The summed E-state index contributed by atoms with van der Waals surface area (Å²) >= 11 is 2.15. The van der Waals surface area contributed by atoms with Crippen LogP contribution in [0.2, 0.25) is 0 Å². The maximum absolute atomic E-state index is 12.6. The topological polar surface area (TPSA) is 110 Å². The monoisotopic (exact) mass is 440 g/mol. The van der Waals surface area contributed by atoms with Gasteiger partial charge in [-0.25, -0.2) is 0 Å². The summed E-state index contributed by atoms with van der Waals surface area (Å²) in [4.78, 5) is 39.3. The van der Waals surface area contributed by atoms with Gasteiger partial charge >= 0.3 is 0 Å². The fourth-order valence-electron chi connectivity index (χ4n) is 2.79. The number of hydrogen-bond donors (Lipinski definition) is 1. The fourth-order valence-corrected chi connectivity index (χ4v) is 4.45. The van der Waals surface area contributed by atoms with Crippen LogP contribution in [0.25, 0.3) is 11.8 Å². The molecule has 0 unspecified atom stereocenters. The Hall–Kier alpha value is -3.31. The molecule has 0 radical (unpaired) electrons. The molecule has 9 nitrogen and oxygen atoms in total. The van der Waals surface area contributed by atoms with Crippen LogP contribution in [0.1, 0.15) is 20.8 Å². The van der Waals surface area contributed by atoms with Crippen molar-refractivity contribution >= 4 is 46.2 Å². The van der Waals surface area contributed by atoms with Crippen molar-refractivity contribution in [2.75, 3.05) is 13.1 Å². The Kier molecular flexibility index (Phi) is 5.72. The van der Waals surface area contributed by atoms with E-state index in [1.807, 2.05) is 31.2 Å². The molecule has 0 atom stereocenters. The van der Waals surface area contributed by atoms with Crippen LogP contribution in [0.3, 0.4) is 0 Å². The number of hydrogen-bond acceptors (Lipinski definition) is 8. The summed E-state index contributed by atoms with van der Waals surface area (Å²) in [5, 5.41) is 15.1. The first kappa shape index (κ1) is 20.0. The van der Waals surface area contributed by atoms with Crippen LogP contribution in [0, 0.1) is 6.92 Å². The molecule has 152 valence electrons. The quantitative estimate of drug-likeness (QED) is 0.587. The Morgan fingerprint density at radius 3 is 2.73 bits per heavy atom. The lowest BCUT2D eigenvalue weighted by molar-refractivity contribution is -0.122. The van der Waals surface area contributed by atoms with Crippen LogP contribution in [0.5, 0.6) is 0 Å². The summed E-state index contributed by atoms with van der Waals surface area (Å²) in [5.41, 5.74) is 2.53. The highest BCUT2D eigenvalue weighted by atomic mass is 32.2. The Labute approximate surface area is 179 Å². The first-order valence-electron chi connectivity index (χ1n) is 8.94. The van der Waals surface area contributed by atoms with E-state index in [9.17, 15) is 14.4 Å². The van der Waals surface area contributed by atoms with Crippen LogP contribution in [0.15, 0.2) is 46.9 Å². The van der Waals surface area contributed by atoms with Gasteiger partial charge in [-0.2, -0.15) is 4.68 Å². The van der Waals surface area contributed by atoms with E-state index in [1.54, 1.807) is 17.5 Å². The van der Waals surface area contributed by atoms with Gasteiger partial charge in [-0.3, -0.25) is 19.3 Å². The second-order valence-corrected chi connectivity index (χ2v) is 8.30. The van der Waals surface area contributed by atoms with Crippen molar-refractivity contribution in [1.82, 2.24) is 30.4 Å². The maximum Gasteiger partial charge on any atom is 0.293 e. The molecule has 1 N–H and O–H groups in total. The lowest BCUT2D eigenvalue weighted by atomic mass is 10.1. The van der Waals surface area contributed by atoms with Crippen molar-refractivity contribution in [3.8, 4) is 5.69 Å². The molecular formula is C19H16N6O3S2. The molecular weight excluding hydrogens is 424 g/mol. The number of carbonyl (C=O) groups is 3. The fraction of sp³-hybridized carbons (Fsp3) is 0.158. The van der Waals surface area contributed by atoms with Gasteiger partial charge in [-0.15, -0.1) is 16.4 Å². The SMILES string of the molecule is Cc1ccc(C=C2SC(=O)N(CCNC(=O)c3sccc3-n3cnnn3)C2=O)cc1. The van der Waals surface area contributed by atoms with E-state index in [4.69, 9.17) is 0 Å². The van der Waals surface area contributed by atoms with Gasteiger partial charge < -0.3 is 5.32 Å². The van der Waals surface area contributed by atoms with Crippen molar-refractivity contribution in [3.63, 3.8) is 0 Å². The number of imide groups is 1. The van der Waals surface area contributed by atoms with Crippen LogP contribution in [-0.4, -0.2) is 55.3 Å². The zero-order valence-corrected chi connectivity index (χ0v) is 17.4. The summed E-state index contributed by atoms with van der Waals surface area (Å²) < 4.78 is 1.40. The first-order chi connectivity index (χ1) is 14.5. The van der Waals surface area contributed by atoms with E-state index in [-0.39, 0.29) is 30.1 Å². The number of nitrogens with one attached hydrogen (secondary N) is 1. The molecule has 1 aliphatic rings. The van der Waals surface area contributed by atoms with Gasteiger partial charge in [0.05, 0.1) is 10.6 Å². The van der Waals surface area contributed by atoms with Gasteiger partial charge in [0.25, 0.3) is 17.1 Å². The minimum atomic E-state index is -0.356. The molecule has 1 aromatic carbocycles. The highest BCUT2D eigenvalue weighted by molar-refractivity contribution is 8.18. The van der Waals surface area contributed by atoms with Crippen LogP contribution >= 0.6 is 23.1 Å². The van der Waals surface area contributed by atoms with Crippen LogP contribution in [0.4, 0.5) is 4.79 Å². The average molecular weight is 441 g/mol. The number of aromatic nitrogens is 4. The minimum absolute atomic E-state index is 0.0905. The van der Waals surface area contributed by atoms with Crippen molar-refractivity contribution in [2.45, 2.75) is 6.92 Å². The molecule has 30 heavy (non-hydrogen) atoms. The third-order valence-corrected chi connectivity index (χ3v) is 6.13. The highest BCUT2D eigenvalue weighted by Crippen LogP contribution is 2.32. The average Bonchev–Trinajstić information content (AvgIpc) is 3.46. The Morgan fingerprint density at radius 2 is 2.00 bits per heavy atom. The number of benzene rings is 1. The lowest BCUT2D eigenvalue weighted by Crippen LogP contribution is -2.37. The number of carbonyl (C=O) groups excluding carboxylic acids is 3. The smallest absolute Gasteiger partial charge is 0.293 e. The molecule has 1 fully saturated rings. The first-order valence-corrected chi connectivity index (χ1v) is 10.6. The molecule has 11 heteroatoms. The van der Waals surface area contributed by atoms with Gasteiger partial charge in [0.15, 0.2) is 0 Å². The van der Waals surface area contributed by atoms with Gasteiger partial charge in [-0.1, -0.05) is 29.8 Å². The van der Waals surface area contributed by atoms with Gasteiger partial charge in [0, 0.05) is 13.1 Å². The molecule has 0 bridgehead atoms. The van der Waals surface area contributed by atoms with E-state index < -0.39 is 0 Å². The van der Waals surface area contributed by atoms with Gasteiger partial charge in [-0.05, 0) is 52.2 Å². The van der Waals surface area contributed by atoms with Gasteiger partial charge in [0.1, 0.15) is 11.2 Å². The Morgan fingerprint density at radius 1 is 1.20 bits per heavy atom. The van der Waals surface area contributed by atoms with E-state index in [0.29, 0.717) is 15.5 Å². The predicted octanol–water partition coefficient (Wildman–Crippen LogP) is 2.50. The number of thiophene rings is 1.